The van der Waals surface area contributed by atoms with Gasteiger partial charge in [-0.05, 0) is 49.9 Å². The van der Waals surface area contributed by atoms with E-state index in [1.54, 1.807) is 21.0 Å². The number of hydrogen-bond donors (Lipinski definition) is 3. The normalized spacial score (nSPS) is 22.3. The average Bonchev–Trinajstić information content (AvgIpc) is 3.29. The number of aliphatic carboxylic acids is 1. The van der Waals surface area contributed by atoms with Gasteiger partial charge in [-0.1, -0.05) is 20.3 Å². The van der Waals surface area contributed by atoms with E-state index >= 15 is 0 Å². The number of fused-ring (bicyclic) bond motifs is 5. The third-order valence-electron chi connectivity index (χ3n) is 7.34. The summed E-state index contributed by atoms with van der Waals surface area (Å²) in [6.07, 6.45) is 1.09. The van der Waals surface area contributed by atoms with Gasteiger partial charge in [0.15, 0.2) is 5.54 Å². The SMILES string of the molecule is CC[C@H](C)[C@H](NC(=O)[C@H](C)N1C(=O)N2CCc3c([nH]c4ccc(OC)cc34)[C@@]2(C)C1=O)C(=O)O. The fourth-order valence-corrected chi connectivity index (χ4v) is 4.99. The van der Waals surface area contributed by atoms with Gasteiger partial charge in [-0.25, -0.2) is 14.5 Å². The van der Waals surface area contributed by atoms with Crippen molar-refractivity contribution in [3.63, 3.8) is 0 Å². The van der Waals surface area contributed by atoms with Crippen molar-refractivity contribution in [1.29, 1.82) is 0 Å². The molecule has 0 radical (unpaired) electrons. The van der Waals surface area contributed by atoms with Gasteiger partial charge in [0.1, 0.15) is 17.8 Å². The number of ether oxygens (including phenoxy) is 1. The van der Waals surface area contributed by atoms with Gasteiger partial charge in [-0.15, -0.1) is 0 Å². The van der Waals surface area contributed by atoms with Crippen LogP contribution in [0.5, 0.6) is 5.75 Å². The Morgan fingerprint density at radius 3 is 2.62 bits per heavy atom. The number of carbonyl (C=O) groups is 4. The monoisotopic (exact) mass is 470 g/mol. The molecule has 0 unspecified atom stereocenters. The van der Waals surface area contributed by atoms with Crippen LogP contribution in [0, 0.1) is 5.92 Å². The zero-order chi connectivity index (χ0) is 24.9. The standard InChI is InChI=1S/C24H30N4O6/c1-6-12(2)18(21(30)31)26-20(29)13(3)28-22(32)24(4)19-15(9-10-27(24)23(28)33)16-11-14(34-5)7-8-17(16)25-19/h7-8,11-13,18,25H,6,9-10H2,1-5H3,(H,26,29)(H,30,31)/t12-,13-,18-,24-/m0/s1. The van der Waals surface area contributed by atoms with Crippen molar-refractivity contribution in [3.05, 3.63) is 29.5 Å². The van der Waals surface area contributed by atoms with E-state index < -0.39 is 41.4 Å². The molecule has 0 saturated carbocycles. The second-order valence-electron chi connectivity index (χ2n) is 9.21. The molecule has 0 aliphatic carbocycles. The molecule has 1 aromatic heterocycles. The van der Waals surface area contributed by atoms with Gasteiger partial charge in [-0.2, -0.15) is 0 Å². The maximum atomic E-state index is 13.7. The summed E-state index contributed by atoms with van der Waals surface area (Å²) in [6, 6.07) is 2.76. The molecule has 10 nitrogen and oxygen atoms in total. The highest BCUT2D eigenvalue weighted by molar-refractivity contribution is 6.11. The second-order valence-corrected chi connectivity index (χ2v) is 9.21. The summed E-state index contributed by atoms with van der Waals surface area (Å²) in [6.45, 7) is 6.99. The Bertz CT molecular complexity index is 1190. The van der Waals surface area contributed by atoms with Crippen LogP contribution in [0.3, 0.4) is 0 Å². The first kappa shape index (κ1) is 23.6. The maximum absolute atomic E-state index is 13.7. The lowest BCUT2D eigenvalue weighted by atomic mass is 9.87. The van der Waals surface area contributed by atoms with Crippen molar-refractivity contribution in [3.8, 4) is 5.75 Å². The summed E-state index contributed by atoms with van der Waals surface area (Å²) in [5.41, 5.74) is 1.10. The van der Waals surface area contributed by atoms with Gasteiger partial charge in [-0.3, -0.25) is 9.59 Å². The highest BCUT2D eigenvalue weighted by Gasteiger charge is 2.60. The van der Waals surface area contributed by atoms with Gasteiger partial charge < -0.3 is 25.0 Å². The number of H-pyrrole nitrogens is 1. The molecule has 34 heavy (non-hydrogen) atoms. The topological polar surface area (TPSA) is 132 Å². The highest BCUT2D eigenvalue weighted by atomic mass is 16.5. The number of carboxylic acid groups (broad SMARTS) is 1. The van der Waals surface area contributed by atoms with Crippen molar-refractivity contribution in [2.45, 2.75) is 58.2 Å². The number of amides is 4. The molecule has 182 valence electrons. The fraction of sp³-hybridized carbons (Fsp3) is 0.500. The molecular weight excluding hydrogens is 440 g/mol. The number of aromatic nitrogens is 1. The minimum Gasteiger partial charge on any atom is -0.497 e. The zero-order valence-electron chi connectivity index (χ0n) is 20.0. The van der Waals surface area contributed by atoms with E-state index in [1.165, 1.54) is 11.8 Å². The molecule has 1 saturated heterocycles. The third kappa shape index (κ3) is 3.31. The third-order valence-corrected chi connectivity index (χ3v) is 7.34. The van der Waals surface area contributed by atoms with Crippen LogP contribution in [0.2, 0.25) is 0 Å². The first-order chi connectivity index (χ1) is 16.1. The first-order valence-corrected chi connectivity index (χ1v) is 11.4. The molecule has 3 heterocycles. The molecule has 4 atom stereocenters. The van der Waals surface area contributed by atoms with Crippen molar-refractivity contribution in [2.24, 2.45) is 5.92 Å². The van der Waals surface area contributed by atoms with Gasteiger partial charge in [0.05, 0.1) is 12.8 Å². The lowest BCUT2D eigenvalue weighted by molar-refractivity contribution is -0.145. The van der Waals surface area contributed by atoms with Crippen LogP contribution in [0.15, 0.2) is 18.2 Å². The van der Waals surface area contributed by atoms with E-state index in [2.05, 4.69) is 10.3 Å². The lowest BCUT2D eigenvalue weighted by Gasteiger charge is -2.36. The number of carboxylic acids is 1. The first-order valence-electron chi connectivity index (χ1n) is 11.4. The van der Waals surface area contributed by atoms with Crippen molar-refractivity contribution in [2.75, 3.05) is 13.7 Å². The molecule has 2 aromatic rings. The Kier molecular flexibility index (Phi) is 5.79. The minimum absolute atomic E-state index is 0.312. The van der Waals surface area contributed by atoms with Crippen LogP contribution in [0.4, 0.5) is 4.79 Å². The summed E-state index contributed by atoms with van der Waals surface area (Å²) in [5, 5.41) is 13.0. The quantitative estimate of drug-likeness (QED) is 0.532. The number of nitrogens with one attached hydrogen (secondary N) is 2. The van der Waals surface area contributed by atoms with Gasteiger partial charge in [0.25, 0.3) is 5.91 Å². The molecule has 0 bridgehead atoms. The molecule has 3 N–H and O–H groups in total. The molecule has 4 amide bonds. The molecule has 1 aromatic carbocycles. The Labute approximate surface area is 197 Å². The molecule has 4 rings (SSSR count). The highest BCUT2D eigenvalue weighted by Crippen LogP contribution is 2.45. The van der Waals surface area contributed by atoms with E-state index in [4.69, 9.17) is 4.74 Å². The maximum Gasteiger partial charge on any atom is 0.328 e. The van der Waals surface area contributed by atoms with Crippen LogP contribution in [0.25, 0.3) is 10.9 Å². The van der Waals surface area contributed by atoms with Crippen LogP contribution in [-0.2, 0) is 26.3 Å². The molecule has 2 aliphatic rings. The summed E-state index contributed by atoms with van der Waals surface area (Å²) in [5.74, 6) is -1.98. The van der Waals surface area contributed by atoms with E-state index in [-0.39, 0.29) is 5.92 Å². The van der Waals surface area contributed by atoms with Crippen LogP contribution < -0.4 is 10.1 Å². The van der Waals surface area contributed by atoms with Crippen molar-refractivity contribution >= 4 is 34.7 Å². The summed E-state index contributed by atoms with van der Waals surface area (Å²) >= 11 is 0. The number of methoxy groups -OCH3 is 1. The molecule has 2 aliphatic heterocycles. The number of urea groups is 1. The lowest BCUT2D eigenvalue weighted by Crippen LogP contribution is -2.54. The number of rotatable bonds is 7. The number of benzene rings is 1. The Balaban J connectivity index is 1.68. The fourth-order valence-electron chi connectivity index (χ4n) is 4.99. The van der Waals surface area contributed by atoms with Gasteiger partial charge in [0.2, 0.25) is 5.91 Å². The van der Waals surface area contributed by atoms with E-state index in [9.17, 15) is 24.3 Å². The largest absolute Gasteiger partial charge is 0.497 e. The van der Waals surface area contributed by atoms with E-state index in [0.29, 0.717) is 30.8 Å². The predicted octanol–water partition coefficient (Wildman–Crippen LogP) is 2.22. The van der Waals surface area contributed by atoms with Crippen LogP contribution in [-0.4, -0.2) is 69.4 Å². The van der Waals surface area contributed by atoms with Gasteiger partial charge >= 0.3 is 12.0 Å². The number of aromatic amines is 1. The Hall–Kier alpha value is -3.56. The average molecular weight is 471 g/mol. The summed E-state index contributed by atoms with van der Waals surface area (Å²) < 4.78 is 5.34. The Morgan fingerprint density at radius 1 is 1.29 bits per heavy atom. The summed E-state index contributed by atoms with van der Waals surface area (Å²) in [7, 11) is 1.59. The van der Waals surface area contributed by atoms with Gasteiger partial charge in [0, 0.05) is 17.4 Å². The zero-order valence-corrected chi connectivity index (χ0v) is 20.0. The predicted molar refractivity (Wildman–Crippen MR) is 123 cm³/mol. The number of carbonyl (C=O) groups excluding carboxylic acids is 3. The van der Waals surface area contributed by atoms with Crippen molar-refractivity contribution < 1.29 is 29.0 Å². The Morgan fingerprint density at radius 2 is 2.00 bits per heavy atom. The van der Waals surface area contributed by atoms with E-state index in [0.717, 1.165) is 21.4 Å². The molecule has 10 heteroatoms. The smallest absolute Gasteiger partial charge is 0.328 e. The second kappa shape index (κ2) is 8.34. The molecule has 0 spiro atoms. The van der Waals surface area contributed by atoms with Crippen LogP contribution >= 0.6 is 0 Å². The minimum atomic E-state index is -1.30. The molecular formula is C24H30N4O6. The summed E-state index contributed by atoms with van der Waals surface area (Å²) in [4.78, 5) is 57.4. The van der Waals surface area contributed by atoms with Crippen LogP contribution in [0.1, 0.15) is 45.4 Å². The van der Waals surface area contributed by atoms with E-state index in [1.807, 2.05) is 25.1 Å². The number of hydrogen-bond acceptors (Lipinski definition) is 5. The number of imide groups is 1. The number of nitrogens with zero attached hydrogens (tertiary/aromatic N) is 2. The molecule has 1 fully saturated rings. The van der Waals surface area contributed by atoms with Crippen molar-refractivity contribution in [1.82, 2.24) is 20.1 Å².